The van der Waals surface area contributed by atoms with Gasteiger partial charge in [0.05, 0.1) is 17.1 Å². The van der Waals surface area contributed by atoms with E-state index in [4.69, 9.17) is 0 Å². The third kappa shape index (κ3) is 3.83. The summed E-state index contributed by atoms with van der Waals surface area (Å²) in [5.74, 6) is 0.876. The summed E-state index contributed by atoms with van der Waals surface area (Å²) in [5.41, 5.74) is 0.945. The van der Waals surface area contributed by atoms with Crippen molar-refractivity contribution in [3.63, 3.8) is 0 Å². The van der Waals surface area contributed by atoms with Gasteiger partial charge in [0.15, 0.2) is 0 Å². The quantitative estimate of drug-likeness (QED) is 0.602. The van der Waals surface area contributed by atoms with Crippen molar-refractivity contribution in [2.75, 3.05) is 18.6 Å². The SMILES string of the molecule is CSCCC(NC(=O)CN1C(=O)NC2(CCCC2)C1=O)c1nc2ccccc2[nH]1. The van der Waals surface area contributed by atoms with Crippen molar-refractivity contribution >= 4 is 40.6 Å². The lowest BCUT2D eigenvalue weighted by Gasteiger charge is -2.21. The monoisotopic (exact) mass is 415 g/mol. The van der Waals surface area contributed by atoms with Crippen LogP contribution in [0.25, 0.3) is 11.0 Å². The maximum atomic E-state index is 12.8. The highest BCUT2D eigenvalue weighted by atomic mass is 32.2. The molecule has 2 aromatic rings. The number of carbonyl (C=O) groups excluding carboxylic acids is 3. The van der Waals surface area contributed by atoms with Crippen LogP contribution in [0.2, 0.25) is 0 Å². The van der Waals surface area contributed by atoms with Gasteiger partial charge in [0.25, 0.3) is 5.91 Å². The summed E-state index contributed by atoms with van der Waals surface area (Å²) in [5, 5.41) is 5.76. The Balaban J connectivity index is 1.46. The van der Waals surface area contributed by atoms with Crippen molar-refractivity contribution in [2.24, 2.45) is 0 Å². The molecule has 0 bridgehead atoms. The molecule has 1 aliphatic heterocycles. The number of hydrogen-bond acceptors (Lipinski definition) is 5. The van der Waals surface area contributed by atoms with Crippen LogP contribution in [-0.2, 0) is 9.59 Å². The number of para-hydroxylation sites is 2. The standard InChI is InChI=1S/C20H25N5O3S/c1-29-11-8-15(17-22-13-6-2-3-7-14(13)23-17)21-16(26)12-25-18(27)20(24-19(25)28)9-4-5-10-20/h2-3,6-7,15H,4-5,8-12H2,1H3,(H,21,26)(H,22,23)(H,24,28). The number of thioether (sulfide) groups is 1. The summed E-state index contributed by atoms with van der Waals surface area (Å²) in [4.78, 5) is 46.7. The Labute approximate surface area is 173 Å². The molecule has 29 heavy (non-hydrogen) atoms. The molecule has 1 saturated carbocycles. The van der Waals surface area contributed by atoms with Gasteiger partial charge in [-0.05, 0) is 43.4 Å². The molecule has 9 heteroatoms. The number of fused-ring (bicyclic) bond motifs is 1. The lowest BCUT2D eigenvalue weighted by atomic mass is 9.98. The molecule has 2 fully saturated rings. The number of benzene rings is 1. The minimum absolute atomic E-state index is 0.275. The van der Waals surface area contributed by atoms with Crippen LogP contribution in [0, 0.1) is 0 Å². The fourth-order valence-corrected chi connectivity index (χ4v) is 4.64. The van der Waals surface area contributed by atoms with E-state index >= 15 is 0 Å². The summed E-state index contributed by atoms with van der Waals surface area (Å²) < 4.78 is 0. The van der Waals surface area contributed by atoms with Crippen molar-refractivity contribution in [3.8, 4) is 0 Å². The number of H-pyrrole nitrogens is 1. The molecular formula is C20H25N5O3S. The first-order valence-corrected chi connectivity index (χ1v) is 11.3. The largest absolute Gasteiger partial charge is 0.345 e. The minimum atomic E-state index is -0.797. The molecule has 2 heterocycles. The third-order valence-corrected chi connectivity index (χ3v) is 6.33. The first-order valence-electron chi connectivity index (χ1n) is 9.89. The fraction of sp³-hybridized carbons (Fsp3) is 0.500. The molecule has 1 aliphatic carbocycles. The number of hydrogen-bond donors (Lipinski definition) is 3. The van der Waals surface area contributed by atoms with Crippen molar-refractivity contribution in [1.82, 2.24) is 25.5 Å². The van der Waals surface area contributed by atoms with E-state index in [0.29, 0.717) is 25.1 Å². The van der Waals surface area contributed by atoms with E-state index in [-0.39, 0.29) is 24.4 Å². The Hall–Kier alpha value is -2.55. The first kappa shape index (κ1) is 19.8. The highest BCUT2D eigenvalue weighted by molar-refractivity contribution is 7.98. The maximum absolute atomic E-state index is 12.8. The molecular weight excluding hydrogens is 390 g/mol. The van der Waals surface area contributed by atoms with Gasteiger partial charge in [-0.3, -0.25) is 14.5 Å². The van der Waals surface area contributed by atoms with Gasteiger partial charge in [-0.15, -0.1) is 0 Å². The van der Waals surface area contributed by atoms with Gasteiger partial charge in [0.2, 0.25) is 5.91 Å². The van der Waals surface area contributed by atoms with Gasteiger partial charge in [-0.2, -0.15) is 11.8 Å². The molecule has 8 nitrogen and oxygen atoms in total. The third-order valence-electron chi connectivity index (χ3n) is 5.69. The average Bonchev–Trinajstić information content (AvgIpc) is 3.40. The van der Waals surface area contributed by atoms with Gasteiger partial charge in [-0.1, -0.05) is 25.0 Å². The van der Waals surface area contributed by atoms with Gasteiger partial charge in [0, 0.05) is 0 Å². The molecule has 4 amide bonds. The molecule has 1 spiro atoms. The summed E-state index contributed by atoms with van der Waals surface area (Å²) in [7, 11) is 0. The normalized spacial score (nSPS) is 19.1. The average molecular weight is 416 g/mol. The van der Waals surface area contributed by atoms with E-state index in [9.17, 15) is 14.4 Å². The number of carbonyl (C=O) groups is 3. The number of imidazole rings is 1. The fourth-order valence-electron chi connectivity index (χ4n) is 4.17. The molecule has 1 atom stereocenters. The van der Waals surface area contributed by atoms with Gasteiger partial charge in [-0.25, -0.2) is 9.78 Å². The minimum Gasteiger partial charge on any atom is -0.345 e. The number of nitrogens with zero attached hydrogens (tertiary/aromatic N) is 2. The van der Waals surface area contributed by atoms with E-state index in [2.05, 4.69) is 20.6 Å². The van der Waals surface area contributed by atoms with Crippen LogP contribution in [0.5, 0.6) is 0 Å². The van der Waals surface area contributed by atoms with Crippen LogP contribution < -0.4 is 10.6 Å². The van der Waals surface area contributed by atoms with Crippen LogP contribution in [0.3, 0.4) is 0 Å². The topological polar surface area (TPSA) is 107 Å². The molecule has 1 aromatic carbocycles. The molecule has 3 N–H and O–H groups in total. The van der Waals surface area contributed by atoms with Crippen molar-refractivity contribution in [2.45, 2.75) is 43.7 Å². The predicted octanol–water partition coefficient (Wildman–Crippen LogP) is 2.34. The van der Waals surface area contributed by atoms with E-state index in [1.807, 2.05) is 30.5 Å². The first-order chi connectivity index (χ1) is 14.0. The number of amides is 4. The zero-order valence-electron chi connectivity index (χ0n) is 16.4. The van der Waals surface area contributed by atoms with Crippen molar-refractivity contribution < 1.29 is 14.4 Å². The Morgan fingerprint density at radius 1 is 1.31 bits per heavy atom. The Bertz CT molecular complexity index is 904. The number of urea groups is 1. The van der Waals surface area contributed by atoms with Gasteiger partial charge >= 0.3 is 6.03 Å². The Morgan fingerprint density at radius 2 is 2.07 bits per heavy atom. The van der Waals surface area contributed by atoms with E-state index in [0.717, 1.165) is 34.5 Å². The number of imide groups is 1. The zero-order chi connectivity index (χ0) is 20.4. The highest BCUT2D eigenvalue weighted by Crippen LogP contribution is 2.35. The van der Waals surface area contributed by atoms with E-state index in [1.54, 1.807) is 11.8 Å². The molecule has 154 valence electrons. The van der Waals surface area contributed by atoms with Crippen LogP contribution in [0.1, 0.15) is 44.0 Å². The summed E-state index contributed by atoms with van der Waals surface area (Å²) in [6.45, 7) is -0.275. The second kappa shape index (κ2) is 8.06. The Kier molecular flexibility index (Phi) is 5.49. The lowest BCUT2D eigenvalue weighted by Crippen LogP contribution is -2.45. The van der Waals surface area contributed by atoms with Crippen molar-refractivity contribution in [3.05, 3.63) is 30.1 Å². The zero-order valence-corrected chi connectivity index (χ0v) is 17.2. The second-order valence-electron chi connectivity index (χ2n) is 7.65. The van der Waals surface area contributed by atoms with Crippen molar-refractivity contribution in [1.29, 1.82) is 0 Å². The van der Waals surface area contributed by atoms with Crippen LogP contribution in [-0.4, -0.2) is 56.8 Å². The molecule has 1 saturated heterocycles. The van der Waals surface area contributed by atoms with Gasteiger partial charge < -0.3 is 15.6 Å². The molecule has 0 radical (unpaired) electrons. The van der Waals surface area contributed by atoms with E-state index in [1.165, 1.54) is 0 Å². The second-order valence-corrected chi connectivity index (χ2v) is 8.64. The summed E-state index contributed by atoms with van der Waals surface area (Å²) in [6.07, 6.45) is 5.81. The van der Waals surface area contributed by atoms with E-state index < -0.39 is 11.6 Å². The molecule has 4 rings (SSSR count). The number of nitrogens with one attached hydrogen (secondary N) is 3. The number of rotatable bonds is 7. The predicted molar refractivity (Wildman–Crippen MR) is 111 cm³/mol. The number of aromatic nitrogens is 2. The molecule has 1 unspecified atom stereocenters. The molecule has 1 aromatic heterocycles. The van der Waals surface area contributed by atoms with Crippen LogP contribution >= 0.6 is 11.8 Å². The summed E-state index contributed by atoms with van der Waals surface area (Å²) >= 11 is 1.68. The summed E-state index contributed by atoms with van der Waals surface area (Å²) in [6, 6.07) is 6.90. The highest BCUT2D eigenvalue weighted by Gasteiger charge is 2.52. The smallest absolute Gasteiger partial charge is 0.325 e. The van der Waals surface area contributed by atoms with Crippen LogP contribution in [0.15, 0.2) is 24.3 Å². The Morgan fingerprint density at radius 3 is 2.79 bits per heavy atom. The van der Waals surface area contributed by atoms with Crippen LogP contribution in [0.4, 0.5) is 4.79 Å². The lowest BCUT2D eigenvalue weighted by molar-refractivity contribution is -0.135. The van der Waals surface area contributed by atoms with Gasteiger partial charge in [0.1, 0.15) is 17.9 Å². The maximum Gasteiger partial charge on any atom is 0.325 e. The molecule has 2 aliphatic rings. The number of aromatic amines is 1.